The number of hydrogen-bond acceptors (Lipinski definition) is 5. The van der Waals surface area contributed by atoms with E-state index in [-0.39, 0.29) is 0 Å². The van der Waals surface area contributed by atoms with Gasteiger partial charge in [0.1, 0.15) is 5.69 Å². The predicted molar refractivity (Wildman–Crippen MR) is 150 cm³/mol. The van der Waals surface area contributed by atoms with Crippen LogP contribution in [0.2, 0.25) is 0 Å². The number of hydrogen-bond donors (Lipinski definition) is 3. The Balaban J connectivity index is 1.37. The number of unbranched alkanes of at least 4 members (excludes halogenated alkanes) is 1. The first-order chi connectivity index (χ1) is 17.7. The molecule has 0 fully saturated rings. The number of thiophene rings is 1. The molecule has 1 aromatic carbocycles. The molecule has 0 amide bonds. The lowest BCUT2D eigenvalue weighted by molar-refractivity contribution is 0.791. The Bertz CT molecular complexity index is 1680. The molecule has 6 nitrogen and oxygen atoms in total. The molecule has 0 saturated heterocycles. The lowest BCUT2D eigenvalue weighted by atomic mass is 10.1. The minimum Gasteiger partial charge on any atom is -0.358 e. The highest BCUT2D eigenvalue weighted by Crippen LogP contribution is 2.36. The van der Waals surface area contributed by atoms with Gasteiger partial charge in [0.05, 0.1) is 35.0 Å². The van der Waals surface area contributed by atoms with E-state index >= 15 is 0 Å². The summed E-state index contributed by atoms with van der Waals surface area (Å²) >= 11 is 1.75. The summed E-state index contributed by atoms with van der Waals surface area (Å²) in [5, 5.41) is 15.5. The first-order valence-electron chi connectivity index (χ1n) is 12.1. The van der Waals surface area contributed by atoms with Crippen molar-refractivity contribution in [3.05, 3.63) is 84.8 Å². The minimum atomic E-state index is 0.843. The van der Waals surface area contributed by atoms with Crippen LogP contribution in [0.5, 0.6) is 0 Å². The Morgan fingerprint density at radius 3 is 2.83 bits per heavy atom. The molecule has 6 aromatic rings. The van der Waals surface area contributed by atoms with Gasteiger partial charge in [-0.05, 0) is 48.6 Å². The highest BCUT2D eigenvalue weighted by atomic mass is 32.1. The summed E-state index contributed by atoms with van der Waals surface area (Å²) in [5.41, 5.74) is 8.74. The molecule has 0 aliphatic heterocycles. The number of pyridine rings is 2. The van der Waals surface area contributed by atoms with Gasteiger partial charge in [-0.2, -0.15) is 5.10 Å². The number of fused-ring (bicyclic) bond motifs is 2. The molecule has 0 bridgehead atoms. The van der Waals surface area contributed by atoms with Gasteiger partial charge in [0.2, 0.25) is 0 Å². The lowest BCUT2D eigenvalue weighted by Crippen LogP contribution is -1.99. The highest BCUT2D eigenvalue weighted by Gasteiger charge is 2.15. The summed E-state index contributed by atoms with van der Waals surface area (Å²) in [6.07, 6.45) is 8.69. The number of nitrogens with one attached hydrogen (secondary N) is 3. The van der Waals surface area contributed by atoms with E-state index < -0.39 is 0 Å². The van der Waals surface area contributed by atoms with E-state index in [1.54, 1.807) is 11.3 Å². The summed E-state index contributed by atoms with van der Waals surface area (Å²) in [7, 11) is 0. The van der Waals surface area contributed by atoms with Crippen LogP contribution < -0.4 is 5.32 Å². The smallest absolute Gasteiger partial charge is 0.116 e. The number of aromatic nitrogens is 5. The largest absolute Gasteiger partial charge is 0.358 e. The van der Waals surface area contributed by atoms with Crippen molar-refractivity contribution in [1.82, 2.24) is 25.1 Å². The summed E-state index contributed by atoms with van der Waals surface area (Å²) in [4.78, 5) is 13.9. The van der Waals surface area contributed by atoms with Gasteiger partial charge in [-0.1, -0.05) is 38.1 Å². The molecule has 36 heavy (non-hydrogen) atoms. The molecule has 5 aromatic heterocycles. The van der Waals surface area contributed by atoms with E-state index in [9.17, 15) is 0 Å². The van der Waals surface area contributed by atoms with Crippen molar-refractivity contribution in [3.63, 3.8) is 0 Å². The molecule has 0 unspecified atom stereocenters. The molecule has 0 saturated carbocycles. The number of benzene rings is 1. The summed E-state index contributed by atoms with van der Waals surface area (Å²) in [6, 6.07) is 16.9. The summed E-state index contributed by atoms with van der Waals surface area (Å²) in [6.45, 7) is 6.32. The predicted octanol–water partition coefficient (Wildman–Crippen LogP) is 8.01. The molecular formula is C29H26N6S. The van der Waals surface area contributed by atoms with E-state index in [1.807, 2.05) is 18.6 Å². The fourth-order valence-corrected chi connectivity index (χ4v) is 5.28. The minimum absolute atomic E-state index is 0.843. The van der Waals surface area contributed by atoms with E-state index in [4.69, 9.17) is 0 Å². The fraction of sp³-hybridized carbons (Fsp3) is 0.138. The molecular weight excluding hydrogens is 464 g/mol. The van der Waals surface area contributed by atoms with Gasteiger partial charge in [0.15, 0.2) is 0 Å². The van der Waals surface area contributed by atoms with Gasteiger partial charge >= 0.3 is 0 Å². The molecule has 7 heteroatoms. The number of nitrogens with zero attached hydrogens (tertiary/aromatic N) is 3. The molecule has 0 atom stereocenters. The van der Waals surface area contributed by atoms with Crippen LogP contribution in [-0.2, 0) is 0 Å². The Morgan fingerprint density at radius 1 is 1.03 bits per heavy atom. The van der Waals surface area contributed by atoms with Crippen molar-refractivity contribution in [1.29, 1.82) is 0 Å². The van der Waals surface area contributed by atoms with Crippen LogP contribution in [0, 0.1) is 0 Å². The van der Waals surface area contributed by atoms with Gasteiger partial charge in [-0.3, -0.25) is 15.1 Å². The van der Waals surface area contributed by atoms with E-state index in [0.717, 1.165) is 69.7 Å². The normalized spacial score (nSPS) is 11.4. The number of H-pyrrole nitrogens is 2. The van der Waals surface area contributed by atoms with Crippen LogP contribution in [0.25, 0.3) is 54.9 Å². The number of rotatable bonds is 8. The van der Waals surface area contributed by atoms with E-state index in [1.165, 1.54) is 15.8 Å². The molecule has 0 aliphatic rings. The maximum Gasteiger partial charge on any atom is 0.116 e. The lowest BCUT2D eigenvalue weighted by Gasteiger charge is -2.10. The molecule has 6 rings (SSSR count). The second-order valence-electron chi connectivity index (χ2n) is 8.91. The fourth-order valence-electron chi connectivity index (χ4n) is 4.51. The third-order valence-electron chi connectivity index (χ3n) is 6.34. The topological polar surface area (TPSA) is 82.3 Å². The Hall–Kier alpha value is -4.23. The molecule has 0 aliphatic carbocycles. The summed E-state index contributed by atoms with van der Waals surface area (Å²) < 4.78 is 0. The molecule has 3 N–H and O–H groups in total. The molecule has 5 heterocycles. The van der Waals surface area contributed by atoms with Crippen LogP contribution in [0.4, 0.5) is 5.69 Å². The number of allylic oxidation sites excluding steroid dienone is 1. The Morgan fingerprint density at radius 2 is 1.97 bits per heavy atom. The molecule has 178 valence electrons. The standard InChI is InChI=1S/C29H26N6S/c1-3-4-7-18(2)32-20-12-19(15-30-16-20)25-14-23-27(17-31-25)34-35-29(23)26-13-22-21(28-10-6-11-36-28)8-5-9-24(22)33-26/h5-6,8-17,32-33H,2-4,7H2,1H3,(H,34,35). The van der Waals surface area contributed by atoms with E-state index in [0.29, 0.717) is 0 Å². The van der Waals surface area contributed by atoms with Crippen molar-refractivity contribution in [2.45, 2.75) is 26.2 Å². The number of anilines is 1. The van der Waals surface area contributed by atoms with Crippen molar-refractivity contribution in [2.75, 3.05) is 5.32 Å². The zero-order chi connectivity index (χ0) is 24.5. The van der Waals surface area contributed by atoms with E-state index in [2.05, 4.69) is 97.9 Å². The monoisotopic (exact) mass is 490 g/mol. The third kappa shape index (κ3) is 4.18. The van der Waals surface area contributed by atoms with Crippen LogP contribution in [0.3, 0.4) is 0 Å². The zero-order valence-corrected chi connectivity index (χ0v) is 20.8. The van der Waals surface area contributed by atoms with Crippen molar-refractivity contribution in [3.8, 4) is 33.1 Å². The second-order valence-corrected chi connectivity index (χ2v) is 9.86. The first-order valence-corrected chi connectivity index (χ1v) is 13.0. The van der Waals surface area contributed by atoms with Crippen LogP contribution in [0.15, 0.2) is 84.8 Å². The van der Waals surface area contributed by atoms with Crippen LogP contribution >= 0.6 is 11.3 Å². The quantitative estimate of drug-likeness (QED) is 0.202. The van der Waals surface area contributed by atoms with Gasteiger partial charge in [0, 0.05) is 44.2 Å². The van der Waals surface area contributed by atoms with Crippen molar-refractivity contribution in [2.24, 2.45) is 0 Å². The zero-order valence-electron chi connectivity index (χ0n) is 20.0. The average molecular weight is 491 g/mol. The third-order valence-corrected chi connectivity index (χ3v) is 7.24. The van der Waals surface area contributed by atoms with Crippen molar-refractivity contribution < 1.29 is 0 Å². The van der Waals surface area contributed by atoms with Crippen molar-refractivity contribution >= 4 is 38.8 Å². The molecule has 0 radical (unpaired) electrons. The summed E-state index contributed by atoms with van der Waals surface area (Å²) in [5.74, 6) is 0. The Kier molecular flexibility index (Phi) is 5.83. The number of aromatic amines is 2. The second kappa shape index (κ2) is 9.43. The highest BCUT2D eigenvalue weighted by molar-refractivity contribution is 7.13. The van der Waals surface area contributed by atoms with Crippen LogP contribution in [-0.4, -0.2) is 25.1 Å². The Labute approximate surface area is 213 Å². The van der Waals surface area contributed by atoms with Gasteiger partial charge in [-0.25, -0.2) is 0 Å². The molecule has 0 spiro atoms. The maximum absolute atomic E-state index is 4.67. The SMILES string of the molecule is C=C(CCCC)Nc1cncc(-c2cc3c(-c4cc5c(-c6cccs6)cccc5[nH]4)n[nH]c3cn2)c1. The average Bonchev–Trinajstić information content (AvgIpc) is 3.66. The van der Waals surface area contributed by atoms with Gasteiger partial charge < -0.3 is 10.3 Å². The van der Waals surface area contributed by atoms with Crippen LogP contribution in [0.1, 0.15) is 26.2 Å². The maximum atomic E-state index is 4.67. The van der Waals surface area contributed by atoms with Gasteiger partial charge in [0.25, 0.3) is 0 Å². The first kappa shape index (κ1) is 22.2. The van der Waals surface area contributed by atoms with Gasteiger partial charge in [-0.15, -0.1) is 11.3 Å².